The molecule has 0 saturated carbocycles. The van der Waals surface area contributed by atoms with E-state index in [1.807, 2.05) is 43.3 Å². The number of hydrogen-bond acceptors (Lipinski definition) is 3. The molecule has 0 bridgehead atoms. The summed E-state index contributed by atoms with van der Waals surface area (Å²) < 4.78 is 12.2. The molecule has 0 spiro atoms. The molecule has 4 heteroatoms. The summed E-state index contributed by atoms with van der Waals surface area (Å²) in [5, 5.41) is 1.32. The van der Waals surface area contributed by atoms with Crippen LogP contribution in [0.5, 0.6) is 0 Å². The van der Waals surface area contributed by atoms with E-state index >= 15 is 0 Å². The molecule has 2 aromatic rings. The van der Waals surface area contributed by atoms with Crippen LogP contribution in [0.25, 0.3) is 0 Å². The van der Waals surface area contributed by atoms with Crippen LogP contribution in [-0.4, -0.2) is 31.8 Å². The molecule has 3 rings (SSSR count). The fraction of sp³-hybridized carbons (Fsp3) is 0.381. The zero-order valence-electron chi connectivity index (χ0n) is 15.1. The van der Waals surface area contributed by atoms with E-state index in [4.69, 9.17) is 9.47 Å². The second kappa shape index (κ2) is 7.64. The molecular weight excluding hydrogens is 328 g/mol. The van der Waals surface area contributed by atoms with Gasteiger partial charge in [-0.05, 0) is 12.5 Å². The minimum Gasteiger partial charge on any atom is -0.375 e. The third-order valence-electron chi connectivity index (χ3n) is 5.10. The van der Waals surface area contributed by atoms with E-state index < -0.39 is 14.2 Å². The molecule has 0 unspecified atom stereocenters. The highest BCUT2D eigenvalue weighted by molar-refractivity contribution is 6.91. The van der Waals surface area contributed by atoms with Gasteiger partial charge in [0.05, 0.1) is 18.4 Å². The normalized spacial score (nSPS) is 24.3. The lowest BCUT2D eigenvalue weighted by molar-refractivity contribution is -0.158. The van der Waals surface area contributed by atoms with E-state index in [2.05, 4.69) is 37.4 Å². The van der Waals surface area contributed by atoms with Gasteiger partial charge in [-0.3, -0.25) is 4.79 Å². The average molecular weight is 355 g/mol. The van der Waals surface area contributed by atoms with Crippen molar-refractivity contribution in [2.24, 2.45) is 0 Å². The first-order valence-corrected chi connectivity index (χ1v) is 12.0. The van der Waals surface area contributed by atoms with Gasteiger partial charge in [0.25, 0.3) is 0 Å². The van der Waals surface area contributed by atoms with Gasteiger partial charge in [-0.15, -0.1) is 0 Å². The molecule has 0 N–H and O–H groups in total. The van der Waals surface area contributed by atoms with E-state index in [1.54, 1.807) is 0 Å². The molecule has 1 aliphatic rings. The molecule has 0 radical (unpaired) electrons. The maximum atomic E-state index is 12.7. The van der Waals surface area contributed by atoms with Crippen LogP contribution in [0.15, 0.2) is 60.7 Å². The van der Waals surface area contributed by atoms with Crippen LogP contribution in [0.1, 0.15) is 18.9 Å². The van der Waals surface area contributed by atoms with Crippen LogP contribution < -0.4 is 5.19 Å². The van der Waals surface area contributed by atoms with Crippen LogP contribution in [0, 0.1) is 0 Å². The van der Waals surface area contributed by atoms with E-state index in [0.29, 0.717) is 13.0 Å². The third-order valence-corrected chi connectivity index (χ3v) is 8.88. The Morgan fingerprint density at radius 1 is 1.04 bits per heavy atom. The van der Waals surface area contributed by atoms with Gasteiger partial charge < -0.3 is 9.47 Å². The second-order valence-corrected chi connectivity index (χ2v) is 12.0. The Morgan fingerprint density at radius 2 is 1.64 bits per heavy atom. The van der Waals surface area contributed by atoms with E-state index in [-0.39, 0.29) is 17.6 Å². The van der Waals surface area contributed by atoms with Gasteiger partial charge in [0, 0.05) is 6.42 Å². The third kappa shape index (κ3) is 4.09. The molecular formula is C21H26O3Si. The SMILES string of the molecule is C[C@@H]1O[C@H]([Si](C)(C)c2ccccc2)CC(=O)[C@H]1OCc1ccccc1. The maximum absolute atomic E-state index is 12.7. The van der Waals surface area contributed by atoms with Crippen LogP contribution in [-0.2, 0) is 20.9 Å². The number of ketones is 1. The molecule has 25 heavy (non-hydrogen) atoms. The lowest BCUT2D eigenvalue weighted by Gasteiger charge is -2.40. The molecule has 0 aromatic heterocycles. The van der Waals surface area contributed by atoms with Crippen molar-refractivity contribution in [1.29, 1.82) is 0 Å². The number of carbonyl (C=O) groups excluding carboxylic acids is 1. The lowest BCUT2D eigenvalue weighted by Crippen LogP contribution is -2.60. The molecule has 1 heterocycles. The van der Waals surface area contributed by atoms with Crippen LogP contribution in [0.3, 0.4) is 0 Å². The molecule has 0 amide bonds. The minimum atomic E-state index is -1.88. The molecule has 132 valence electrons. The van der Waals surface area contributed by atoms with Crippen molar-refractivity contribution in [3.05, 3.63) is 66.2 Å². The van der Waals surface area contributed by atoms with E-state index in [9.17, 15) is 4.79 Å². The van der Waals surface area contributed by atoms with Gasteiger partial charge in [0.1, 0.15) is 14.2 Å². The molecule has 1 aliphatic heterocycles. The Morgan fingerprint density at radius 3 is 2.24 bits per heavy atom. The quantitative estimate of drug-likeness (QED) is 0.771. The second-order valence-electron chi connectivity index (χ2n) is 7.31. The highest BCUT2D eigenvalue weighted by Gasteiger charge is 2.44. The maximum Gasteiger partial charge on any atom is 0.166 e. The van der Waals surface area contributed by atoms with Crippen molar-refractivity contribution in [2.45, 2.75) is 51.0 Å². The number of benzene rings is 2. The lowest BCUT2D eigenvalue weighted by atomic mass is 10.0. The monoisotopic (exact) mass is 354 g/mol. The van der Waals surface area contributed by atoms with Crippen LogP contribution in [0.2, 0.25) is 13.1 Å². The van der Waals surface area contributed by atoms with Gasteiger partial charge >= 0.3 is 0 Å². The van der Waals surface area contributed by atoms with Gasteiger partial charge in [-0.25, -0.2) is 0 Å². The van der Waals surface area contributed by atoms with Crippen molar-refractivity contribution in [3.63, 3.8) is 0 Å². The fourth-order valence-electron chi connectivity index (χ4n) is 3.41. The molecule has 2 aromatic carbocycles. The Kier molecular flexibility index (Phi) is 5.52. The first-order chi connectivity index (χ1) is 12.0. The summed E-state index contributed by atoms with van der Waals surface area (Å²) >= 11 is 0. The zero-order chi connectivity index (χ0) is 17.9. The Hall–Kier alpha value is -1.75. The van der Waals surface area contributed by atoms with Gasteiger partial charge in [0.2, 0.25) is 0 Å². The zero-order valence-corrected chi connectivity index (χ0v) is 16.1. The topological polar surface area (TPSA) is 35.5 Å². The average Bonchev–Trinajstić information content (AvgIpc) is 2.62. The van der Waals surface area contributed by atoms with Crippen LogP contribution >= 0.6 is 0 Å². The Balaban J connectivity index is 1.66. The summed E-state index contributed by atoms with van der Waals surface area (Å²) in [6.45, 7) is 6.95. The number of carbonyl (C=O) groups is 1. The summed E-state index contributed by atoms with van der Waals surface area (Å²) in [7, 11) is -1.88. The first-order valence-electron chi connectivity index (χ1n) is 8.87. The molecule has 0 aliphatic carbocycles. The molecule has 1 fully saturated rings. The predicted molar refractivity (Wildman–Crippen MR) is 103 cm³/mol. The minimum absolute atomic E-state index is 0.00558. The molecule has 3 atom stereocenters. The summed E-state index contributed by atoms with van der Waals surface area (Å²) in [4.78, 5) is 12.7. The number of rotatable bonds is 5. The summed E-state index contributed by atoms with van der Waals surface area (Å²) in [5.41, 5.74) is 1.07. The molecule has 1 saturated heterocycles. The summed E-state index contributed by atoms with van der Waals surface area (Å²) in [6.07, 6.45) is -0.250. The van der Waals surface area contributed by atoms with Crippen molar-refractivity contribution in [1.82, 2.24) is 0 Å². The predicted octanol–water partition coefficient (Wildman–Crippen LogP) is 3.47. The highest BCUT2D eigenvalue weighted by Crippen LogP contribution is 2.26. The smallest absolute Gasteiger partial charge is 0.166 e. The Bertz CT molecular complexity index is 700. The number of ether oxygens (including phenoxy) is 2. The van der Waals surface area contributed by atoms with Crippen molar-refractivity contribution < 1.29 is 14.3 Å². The van der Waals surface area contributed by atoms with E-state index in [1.165, 1.54) is 5.19 Å². The number of hydrogen-bond donors (Lipinski definition) is 0. The standard InChI is InChI=1S/C21H26O3Si/c1-16-21(23-15-17-10-6-4-7-11-17)19(22)14-20(24-16)25(2,3)18-12-8-5-9-13-18/h4-13,16,20-21H,14-15H2,1-3H3/t16-,20+,21-/m0/s1. The van der Waals surface area contributed by atoms with Gasteiger partial charge in [0.15, 0.2) is 5.78 Å². The first kappa shape index (κ1) is 18.1. The van der Waals surface area contributed by atoms with Crippen molar-refractivity contribution >= 4 is 19.0 Å². The molecule has 3 nitrogen and oxygen atoms in total. The van der Waals surface area contributed by atoms with E-state index in [0.717, 1.165) is 5.56 Å². The van der Waals surface area contributed by atoms with Crippen molar-refractivity contribution in [2.75, 3.05) is 0 Å². The summed E-state index contributed by atoms with van der Waals surface area (Å²) in [6, 6.07) is 20.4. The number of Topliss-reactive ketones (excluding diaryl/α,β-unsaturated/α-hetero) is 1. The fourth-order valence-corrected chi connectivity index (χ4v) is 6.10. The Labute approximate surface area is 151 Å². The summed E-state index contributed by atoms with van der Waals surface area (Å²) in [5.74, 6) is 0.163. The van der Waals surface area contributed by atoms with Gasteiger partial charge in [-0.1, -0.05) is 78.9 Å². The van der Waals surface area contributed by atoms with Crippen LogP contribution in [0.4, 0.5) is 0 Å². The largest absolute Gasteiger partial charge is 0.375 e. The van der Waals surface area contributed by atoms with Gasteiger partial charge in [-0.2, -0.15) is 0 Å². The highest BCUT2D eigenvalue weighted by atomic mass is 28.3. The van der Waals surface area contributed by atoms with Crippen molar-refractivity contribution in [3.8, 4) is 0 Å².